The lowest BCUT2D eigenvalue weighted by Crippen LogP contribution is -2.15. The second-order valence-electron chi connectivity index (χ2n) is 12.6. The largest absolute Gasteiger partial charge is 0.310 e. The van der Waals surface area contributed by atoms with Crippen molar-refractivity contribution in [1.29, 1.82) is 0 Å². The van der Waals surface area contributed by atoms with Crippen molar-refractivity contribution < 1.29 is 0 Å². The highest BCUT2D eigenvalue weighted by Crippen LogP contribution is 2.51. The maximum Gasteiger partial charge on any atom is 0.0540 e. The van der Waals surface area contributed by atoms with E-state index in [1.807, 2.05) is 11.3 Å². The van der Waals surface area contributed by atoms with Crippen molar-refractivity contribution in [3.8, 4) is 22.3 Å². The minimum absolute atomic E-state index is 0.0330. The highest BCUT2D eigenvalue weighted by Gasteiger charge is 2.35. The quantitative estimate of drug-likeness (QED) is 0.196. The molecule has 0 aliphatic heterocycles. The van der Waals surface area contributed by atoms with Crippen LogP contribution in [0.2, 0.25) is 0 Å². The summed E-state index contributed by atoms with van der Waals surface area (Å²) >= 11 is 1.89. The van der Waals surface area contributed by atoms with E-state index in [4.69, 9.17) is 0 Å². The molecule has 1 heterocycles. The van der Waals surface area contributed by atoms with E-state index in [2.05, 4.69) is 170 Å². The maximum absolute atomic E-state index is 2.46. The van der Waals surface area contributed by atoms with Crippen LogP contribution in [0.3, 0.4) is 0 Å². The van der Waals surface area contributed by atoms with E-state index in [0.717, 1.165) is 11.4 Å². The predicted octanol–water partition coefficient (Wildman–Crippen LogP) is 12.7. The van der Waals surface area contributed by atoms with Gasteiger partial charge in [-0.3, -0.25) is 0 Å². The van der Waals surface area contributed by atoms with E-state index in [9.17, 15) is 0 Å². The smallest absolute Gasteiger partial charge is 0.0540 e. The molecule has 2 heteroatoms. The first kappa shape index (κ1) is 26.2. The Hall–Kier alpha value is -5.18. The van der Waals surface area contributed by atoms with Crippen LogP contribution in [0.25, 0.3) is 53.2 Å². The van der Waals surface area contributed by atoms with Gasteiger partial charge in [0, 0.05) is 47.7 Å². The average molecular weight is 594 g/mol. The Bertz CT molecular complexity index is 2410. The van der Waals surface area contributed by atoms with Crippen LogP contribution in [-0.4, -0.2) is 0 Å². The van der Waals surface area contributed by atoms with E-state index in [-0.39, 0.29) is 5.41 Å². The molecule has 0 spiro atoms. The second-order valence-corrected chi connectivity index (χ2v) is 13.6. The van der Waals surface area contributed by atoms with Gasteiger partial charge in [0.2, 0.25) is 0 Å². The van der Waals surface area contributed by atoms with Crippen LogP contribution in [0, 0.1) is 0 Å². The monoisotopic (exact) mass is 593 g/mol. The van der Waals surface area contributed by atoms with Gasteiger partial charge in [-0.05, 0) is 69.8 Å². The van der Waals surface area contributed by atoms with Gasteiger partial charge >= 0.3 is 0 Å². The number of benzene rings is 7. The minimum atomic E-state index is -0.0330. The van der Waals surface area contributed by atoms with Crippen LogP contribution in [-0.2, 0) is 5.41 Å². The van der Waals surface area contributed by atoms with Gasteiger partial charge in [0.1, 0.15) is 0 Å². The molecule has 0 atom stereocenters. The van der Waals surface area contributed by atoms with Crippen molar-refractivity contribution in [3.63, 3.8) is 0 Å². The molecule has 1 aliphatic carbocycles. The van der Waals surface area contributed by atoms with Crippen LogP contribution >= 0.6 is 11.3 Å². The van der Waals surface area contributed by atoms with Crippen molar-refractivity contribution in [2.24, 2.45) is 0 Å². The summed E-state index contributed by atoms with van der Waals surface area (Å²) < 4.78 is 2.68. The molecule has 0 saturated carbocycles. The third-order valence-electron chi connectivity index (χ3n) is 9.66. The van der Waals surface area contributed by atoms with Crippen LogP contribution in [0.1, 0.15) is 25.0 Å². The summed E-state index contributed by atoms with van der Waals surface area (Å²) in [4.78, 5) is 2.46. The second kappa shape index (κ2) is 9.92. The maximum atomic E-state index is 2.46. The van der Waals surface area contributed by atoms with Crippen molar-refractivity contribution >= 4 is 59.3 Å². The molecule has 0 saturated heterocycles. The van der Waals surface area contributed by atoms with Gasteiger partial charge in [-0.1, -0.05) is 129 Å². The summed E-state index contributed by atoms with van der Waals surface area (Å²) in [6.07, 6.45) is 0. The van der Waals surface area contributed by atoms with Crippen molar-refractivity contribution in [1.82, 2.24) is 0 Å². The molecule has 1 nitrogen and oxygen atoms in total. The molecule has 45 heavy (non-hydrogen) atoms. The van der Waals surface area contributed by atoms with Crippen LogP contribution < -0.4 is 4.90 Å². The Kier molecular flexibility index (Phi) is 5.78. The Morgan fingerprint density at radius 1 is 0.467 bits per heavy atom. The van der Waals surface area contributed by atoms with Gasteiger partial charge in [-0.15, -0.1) is 11.3 Å². The highest BCUT2D eigenvalue weighted by atomic mass is 32.1. The summed E-state index contributed by atoms with van der Waals surface area (Å²) in [6, 6.07) is 55.8. The molecule has 0 bridgehead atoms. The van der Waals surface area contributed by atoms with Gasteiger partial charge in [0.25, 0.3) is 0 Å². The van der Waals surface area contributed by atoms with Crippen molar-refractivity contribution in [3.05, 3.63) is 163 Å². The van der Waals surface area contributed by atoms with Crippen LogP contribution in [0.4, 0.5) is 17.1 Å². The molecule has 0 N–H and O–H groups in total. The van der Waals surface area contributed by atoms with Crippen LogP contribution in [0.5, 0.6) is 0 Å². The fourth-order valence-corrected chi connectivity index (χ4v) is 8.68. The SMILES string of the molecule is CC1(C)c2ccccc2-c2cc(N(c3cccc(-c4ccccc4)c3)c3cccc4c3ccc3c5ccccc5sc43)ccc21. The van der Waals surface area contributed by atoms with Crippen LogP contribution in [0.15, 0.2) is 152 Å². The Labute approximate surface area is 267 Å². The third-order valence-corrected chi connectivity index (χ3v) is 10.9. The predicted molar refractivity (Wildman–Crippen MR) is 195 cm³/mol. The van der Waals surface area contributed by atoms with Gasteiger partial charge in [-0.2, -0.15) is 0 Å². The minimum Gasteiger partial charge on any atom is -0.310 e. The van der Waals surface area contributed by atoms with Gasteiger partial charge in [0.05, 0.1) is 5.69 Å². The molecule has 8 aromatic rings. The molecule has 1 aromatic heterocycles. The fourth-order valence-electron chi connectivity index (χ4n) is 7.45. The number of fused-ring (bicyclic) bond motifs is 8. The zero-order valence-corrected chi connectivity index (χ0v) is 26.1. The summed E-state index contributed by atoms with van der Waals surface area (Å²) in [5.41, 5.74) is 11.3. The van der Waals surface area contributed by atoms with Gasteiger partial charge < -0.3 is 4.90 Å². The molecule has 0 fully saturated rings. The lowest BCUT2D eigenvalue weighted by atomic mass is 9.82. The number of nitrogens with zero attached hydrogens (tertiary/aromatic N) is 1. The van der Waals surface area contributed by atoms with E-state index in [0.29, 0.717) is 0 Å². The highest BCUT2D eigenvalue weighted by molar-refractivity contribution is 7.26. The average Bonchev–Trinajstić information content (AvgIpc) is 3.58. The lowest BCUT2D eigenvalue weighted by molar-refractivity contribution is 0.660. The molecule has 7 aromatic carbocycles. The Balaban J connectivity index is 1.31. The first-order chi connectivity index (χ1) is 22.1. The summed E-state index contributed by atoms with van der Waals surface area (Å²) in [5.74, 6) is 0. The standard InChI is InChI=1S/C43H31NS/c1-43(2)38-19-8-6-16-32(38)37-27-31(22-25-39(37)43)44(30-15-10-14-29(26-30)28-12-4-3-5-13-28)40-20-11-18-35-33(40)23-24-36-34-17-7-9-21-41(34)45-42(35)36/h3-27H,1-2H3. The Morgan fingerprint density at radius 2 is 1.13 bits per heavy atom. The van der Waals surface area contributed by atoms with Gasteiger partial charge in [0.15, 0.2) is 0 Å². The van der Waals surface area contributed by atoms with Gasteiger partial charge in [-0.25, -0.2) is 0 Å². The molecule has 9 rings (SSSR count). The lowest BCUT2D eigenvalue weighted by Gasteiger charge is -2.28. The summed E-state index contributed by atoms with van der Waals surface area (Å²) in [5, 5.41) is 5.21. The number of thiophene rings is 1. The van der Waals surface area contributed by atoms with E-state index in [1.54, 1.807) is 0 Å². The topological polar surface area (TPSA) is 3.24 Å². The van der Waals surface area contributed by atoms with E-state index in [1.165, 1.54) is 70.0 Å². The molecule has 1 aliphatic rings. The Morgan fingerprint density at radius 3 is 2.04 bits per heavy atom. The molecule has 0 unspecified atom stereocenters. The molecule has 0 radical (unpaired) electrons. The van der Waals surface area contributed by atoms with E-state index < -0.39 is 0 Å². The van der Waals surface area contributed by atoms with E-state index >= 15 is 0 Å². The number of hydrogen-bond acceptors (Lipinski definition) is 2. The summed E-state index contributed by atoms with van der Waals surface area (Å²) in [7, 11) is 0. The normalized spacial score (nSPS) is 13.3. The fraction of sp³-hybridized carbons (Fsp3) is 0.0698. The molecular weight excluding hydrogens is 563 g/mol. The first-order valence-electron chi connectivity index (χ1n) is 15.6. The number of anilines is 3. The first-order valence-corrected chi connectivity index (χ1v) is 16.4. The summed E-state index contributed by atoms with van der Waals surface area (Å²) in [6.45, 7) is 4.69. The molecule has 0 amide bonds. The number of hydrogen-bond donors (Lipinski definition) is 0. The van der Waals surface area contributed by atoms with Crippen molar-refractivity contribution in [2.45, 2.75) is 19.3 Å². The zero-order valence-electron chi connectivity index (χ0n) is 25.3. The number of rotatable bonds is 4. The zero-order chi connectivity index (χ0) is 30.1. The molecule has 214 valence electrons. The molecular formula is C43H31NS. The van der Waals surface area contributed by atoms with Crippen molar-refractivity contribution in [2.75, 3.05) is 4.90 Å². The third kappa shape index (κ3) is 3.99.